The van der Waals surface area contributed by atoms with Crippen molar-refractivity contribution in [2.75, 3.05) is 0 Å². The van der Waals surface area contributed by atoms with Crippen LogP contribution in [-0.4, -0.2) is 0 Å². The Morgan fingerprint density at radius 1 is 0.348 bits per heavy atom. The van der Waals surface area contributed by atoms with Gasteiger partial charge < -0.3 is 12.3 Å². The molecule has 0 aliphatic carbocycles. The topological polar surface area (TPSA) is 394 Å². The molecule has 0 saturated heterocycles. The second-order valence-electron chi connectivity index (χ2n) is 1.63. The molecule has 0 atom stereocenters. The van der Waals surface area contributed by atoms with Crippen LogP contribution in [0.5, 0.6) is 0 Å². The molecule has 0 aromatic carbocycles. The number of hydrogen-bond acceptors (Lipinski definition) is 16. The SMILES string of the molecule is [NH4+].[NH4+].[O]=[W](=[O])([O-])[O-].[O]=[W](=[O])([O-])[O-].[O]=[W](=[O])([O-])[O-].[O]=[W](=[O])([O-])[O-].[W+6]. The van der Waals surface area contributed by atoms with Crippen LogP contribution in [-0.2, 0) is 115 Å². The van der Waals surface area contributed by atoms with Crippen LogP contribution in [0.15, 0.2) is 0 Å². The minimum absolute atomic E-state index is 0. The molecule has 0 saturated carbocycles. The van der Waals surface area contributed by atoms with Gasteiger partial charge in [0, 0.05) is 0 Å². The van der Waals surface area contributed by atoms with E-state index >= 15 is 0 Å². The fourth-order valence-electron chi connectivity index (χ4n) is 0. The van der Waals surface area contributed by atoms with E-state index in [-0.39, 0.29) is 33.4 Å². The van der Waals surface area contributed by atoms with E-state index in [1.54, 1.807) is 0 Å². The smallest absolute Gasteiger partial charge is 6.00 e. The third-order valence-electron chi connectivity index (χ3n) is 0. The molecule has 0 aliphatic rings. The van der Waals surface area contributed by atoms with Crippen molar-refractivity contribution < 1.29 is 145 Å². The summed E-state index contributed by atoms with van der Waals surface area (Å²) in [6, 6.07) is 0. The molecule has 0 spiro atoms. The Bertz CT molecular complexity index is 479. The summed E-state index contributed by atoms with van der Waals surface area (Å²) in [5, 5.41) is 0. The molecule has 0 aliphatic heterocycles. The van der Waals surface area contributed by atoms with Gasteiger partial charge in [0.15, 0.2) is 0 Å². The average Bonchev–Trinajstić information content (AvgIpc) is 1.62. The Morgan fingerprint density at radius 2 is 0.348 bits per heavy atom. The molecule has 0 fully saturated rings. The zero-order chi connectivity index (χ0) is 18.0. The molecule has 0 aromatic rings. The first-order valence-corrected chi connectivity index (χ1v) is 21.8. The van der Waals surface area contributed by atoms with Gasteiger partial charge in [-0.05, 0) is 0 Å². The first kappa shape index (κ1) is 44.2. The van der Waals surface area contributed by atoms with Crippen molar-refractivity contribution in [1.29, 1.82) is 0 Å². The van der Waals surface area contributed by atoms with E-state index in [0.717, 1.165) is 0 Å². The number of rotatable bonds is 0. The maximum atomic E-state index is 8.65. The van der Waals surface area contributed by atoms with Crippen molar-refractivity contribution in [3.8, 4) is 0 Å². The van der Waals surface area contributed by atoms with Gasteiger partial charge in [-0.1, -0.05) is 0 Å². The third kappa shape index (κ3) is 5190. The van der Waals surface area contributed by atoms with E-state index < -0.39 is 67.0 Å². The van der Waals surface area contributed by atoms with Crippen molar-refractivity contribution in [3.63, 3.8) is 0 Å². The molecule has 8 N–H and O–H groups in total. The van der Waals surface area contributed by atoms with E-state index in [4.69, 9.17) is 57.3 Å². The van der Waals surface area contributed by atoms with Gasteiger partial charge in [-0.15, -0.1) is 0 Å². The maximum Gasteiger partial charge on any atom is 6.00 e. The Kier molecular flexibility index (Phi) is 35.0. The summed E-state index contributed by atoms with van der Waals surface area (Å²) >= 11 is -24.7. The van der Waals surface area contributed by atoms with Crippen molar-refractivity contribution in [2.24, 2.45) is 0 Å². The molecule has 23 heteroatoms. The van der Waals surface area contributed by atoms with Gasteiger partial charge in [-0.25, -0.2) is 0 Å². The number of hydrogen-bond donors (Lipinski definition) is 2. The van der Waals surface area contributed by atoms with Crippen LogP contribution < -0.4 is 42.4 Å². The fourth-order valence-corrected chi connectivity index (χ4v) is 0. The molecular weight excluding hydrogens is 1200 g/mol. The fraction of sp³-hybridized carbons (Fsp3) is 0. The molecule has 0 aromatic heterocycles. The standard InChI is InChI=1S/2H3N.16O.5W/h2*1H3;;;;;;;;;;;;;;;;;;;;;/q;;;;;;;;;;8*-1;;;;;+6/p+2. The molecule has 18 nitrogen and oxygen atoms in total. The molecule has 0 unspecified atom stereocenters. The summed E-state index contributed by atoms with van der Waals surface area (Å²) in [5.74, 6) is 0. The summed E-state index contributed by atoms with van der Waals surface area (Å²) in [6.45, 7) is 0. The maximum absolute atomic E-state index is 8.65. The Balaban J connectivity index is -0.0000000284. The van der Waals surface area contributed by atoms with E-state index in [1.807, 2.05) is 0 Å². The second-order valence-corrected chi connectivity index (χ2v) is 13.4. The monoisotopic (exact) mass is 1210 g/mol. The van der Waals surface area contributed by atoms with Gasteiger partial charge in [0.2, 0.25) is 0 Å². The first-order valence-electron chi connectivity index (χ1n) is 2.67. The summed E-state index contributed by atoms with van der Waals surface area (Å²) in [4.78, 5) is 0. The summed E-state index contributed by atoms with van der Waals surface area (Å²) in [5.41, 5.74) is 0. The molecule has 0 heterocycles. The van der Waals surface area contributed by atoms with Crippen LogP contribution >= 0.6 is 0 Å². The van der Waals surface area contributed by atoms with Crippen LogP contribution in [0.1, 0.15) is 0 Å². The molecule has 144 valence electrons. The predicted molar refractivity (Wildman–Crippen MR) is 17.5 cm³/mol. The summed E-state index contributed by atoms with van der Waals surface area (Å²) in [7, 11) is 0. The van der Waals surface area contributed by atoms with Crippen molar-refractivity contribution in [1.82, 2.24) is 12.3 Å². The van der Waals surface area contributed by atoms with Crippen LogP contribution in [0.3, 0.4) is 0 Å². The van der Waals surface area contributed by atoms with Gasteiger partial charge in [0.05, 0.1) is 0 Å². The zero-order valence-corrected chi connectivity index (χ0v) is 25.2. The van der Waals surface area contributed by atoms with Crippen molar-refractivity contribution in [3.05, 3.63) is 0 Å². The van der Waals surface area contributed by atoms with Crippen LogP contribution in [0, 0.1) is 0 Å². The second kappa shape index (κ2) is 18.2. The quantitative estimate of drug-likeness (QED) is 0.227. The van der Waals surface area contributed by atoms with Gasteiger partial charge in [-0.3, -0.25) is 0 Å². The molecule has 23 heavy (non-hydrogen) atoms. The number of quaternary nitrogens is 2. The predicted octanol–water partition coefficient (Wildman–Crippen LogP) is -9.72. The van der Waals surface area contributed by atoms with Crippen LogP contribution in [0.25, 0.3) is 0 Å². The van der Waals surface area contributed by atoms with Gasteiger partial charge >= 0.3 is 145 Å². The van der Waals surface area contributed by atoms with E-state index in [0.29, 0.717) is 0 Å². The zero-order valence-electron chi connectivity index (χ0n) is 10.6. The van der Waals surface area contributed by atoms with Gasteiger partial charge in [0.1, 0.15) is 0 Å². The van der Waals surface area contributed by atoms with Crippen LogP contribution in [0.2, 0.25) is 0 Å². The minimum atomic E-state index is -6.17. The Hall–Kier alpha value is 1.44. The normalized spacial score (nSPS) is 10.1. The van der Waals surface area contributed by atoms with Crippen molar-refractivity contribution in [2.45, 2.75) is 0 Å². The van der Waals surface area contributed by atoms with E-state index in [9.17, 15) is 0 Å². The molecule has 0 bridgehead atoms. The first-order chi connectivity index (χ1) is 8.00. The summed E-state index contributed by atoms with van der Waals surface area (Å²) < 4.78 is 138. The molecular formula is H8N2O16W5. The van der Waals surface area contributed by atoms with Crippen molar-refractivity contribution >= 4 is 0 Å². The van der Waals surface area contributed by atoms with Gasteiger partial charge in [-0.2, -0.15) is 0 Å². The summed E-state index contributed by atoms with van der Waals surface area (Å²) in [6.07, 6.45) is 0. The molecule has 0 amide bonds. The molecule has 0 radical (unpaired) electrons. The molecule has 0 rings (SSSR count). The van der Waals surface area contributed by atoms with Crippen LogP contribution in [0.4, 0.5) is 0 Å². The Morgan fingerprint density at radius 3 is 0.348 bits per heavy atom. The Labute approximate surface area is 156 Å². The third-order valence-corrected chi connectivity index (χ3v) is 0. The van der Waals surface area contributed by atoms with E-state index in [1.165, 1.54) is 0 Å². The average molecular weight is 1210 g/mol. The van der Waals surface area contributed by atoms with E-state index in [2.05, 4.69) is 0 Å². The largest absolute Gasteiger partial charge is 6.00 e. The van der Waals surface area contributed by atoms with Gasteiger partial charge in [0.25, 0.3) is 0 Å². The minimum Gasteiger partial charge on any atom is 6.00 e.